The molecule has 0 amide bonds. The zero-order valence-corrected chi connectivity index (χ0v) is 12.7. The molecule has 1 atom stereocenters. The molecule has 0 bridgehead atoms. The lowest BCUT2D eigenvalue weighted by Crippen LogP contribution is -2.12. The Balaban J connectivity index is 2.07. The number of aryl methyl sites for hydroxylation is 1. The zero-order chi connectivity index (χ0) is 16.1. The van der Waals surface area contributed by atoms with Crippen molar-refractivity contribution in [1.29, 1.82) is 0 Å². The Morgan fingerprint density at radius 1 is 1.09 bits per heavy atom. The molecule has 2 rings (SSSR count). The smallest absolute Gasteiger partial charge is 0.160 e. The second kappa shape index (κ2) is 7.13. The third-order valence-corrected chi connectivity index (χ3v) is 3.58. The lowest BCUT2D eigenvalue weighted by atomic mass is 9.98. The first-order valence-corrected chi connectivity index (χ1v) is 7.00. The maximum atomic E-state index is 13.3. The number of nitrogens with two attached hydrogens (primary N) is 1. The van der Waals surface area contributed by atoms with E-state index in [0.717, 1.165) is 5.56 Å². The van der Waals surface area contributed by atoms with Crippen molar-refractivity contribution in [3.05, 3.63) is 53.3 Å². The van der Waals surface area contributed by atoms with Crippen LogP contribution in [0.4, 0.5) is 4.39 Å². The van der Waals surface area contributed by atoms with Crippen molar-refractivity contribution in [2.24, 2.45) is 5.73 Å². The molecule has 0 aromatic heterocycles. The fourth-order valence-corrected chi connectivity index (χ4v) is 2.34. The Hall–Kier alpha value is -2.27. The fraction of sp³-hybridized carbons (Fsp3) is 0.294. The highest BCUT2D eigenvalue weighted by Crippen LogP contribution is 2.30. The first kappa shape index (κ1) is 16.1. The second-order valence-corrected chi connectivity index (χ2v) is 5.04. The van der Waals surface area contributed by atoms with Crippen LogP contribution in [-0.4, -0.2) is 19.3 Å². The molecule has 0 fully saturated rings. The van der Waals surface area contributed by atoms with Gasteiger partial charge in [0.2, 0.25) is 0 Å². The van der Waals surface area contributed by atoms with Gasteiger partial charge in [0.25, 0.3) is 0 Å². The van der Waals surface area contributed by atoms with Gasteiger partial charge in [-0.3, -0.25) is 0 Å². The standard InChI is InChI=1S/C17H20FNO3/c1-21-16-8-4-11(9-17(16)22-2)3-6-14(19)13-10-12(18)5-7-15(13)20/h4-5,7-10,14,20H,3,6,19H2,1-2H3. The zero-order valence-electron chi connectivity index (χ0n) is 12.7. The number of halogens is 1. The van der Waals surface area contributed by atoms with E-state index in [0.29, 0.717) is 29.9 Å². The predicted molar refractivity (Wildman–Crippen MR) is 82.9 cm³/mol. The minimum absolute atomic E-state index is 0.0150. The van der Waals surface area contributed by atoms with Gasteiger partial charge < -0.3 is 20.3 Å². The van der Waals surface area contributed by atoms with Gasteiger partial charge in [-0.1, -0.05) is 6.07 Å². The Kier molecular flexibility index (Phi) is 5.22. The lowest BCUT2D eigenvalue weighted by molar-refractivity contribution is 0.354. The summed E-state index contributed by atoms with van der Waals surface area (Å²) in [5, 5.41) is 9.77. The normalized spacial score (nSPS) is 12.0. The van der Waals surface area contributed by atoms with Gasteiger partial charge >= 0.3 is 0 Å². The van der Waals surface area contributed by atoms with E-state index in [1.807, 2.05) is 18.2 Å². The van der Waals surface area contributed by atoms with E-state index >= 15 is 0 Å². The molecule has 0 saturated carbocycles. The van der Waals surface area contributed by atoms with Crippen molar-refractivity contribution < 1.29 is 19.0 Å². The van der Waals surface area contributed by atoms with E-state index in [4.69, 9.17) is 15.2 Å². The molecule has 22 heavy (non-hydrogen) atoms. The number of rotatable bonds is 6. The van der Waals surface area contributed by atoms with Gasteiger partial charge in [-0.25, -0.2) is 4.39 Å². The average Bonchev–Trinajstić information content (AvgIpc) is 2.54. The van der Waals surface area contributed by atoms with E-state index in [2.05, 4.69) is 0 Å². The number of methoxy groups -OCH3 is 2. The maximum absolute atomic E-state index is 13.3. The molecular weight excluding hydrogens is 285 g/mol. The van der Waals surface area contributed by atoms with Crippen molar-refractivity contribution >= 4 is 0 Å². The Morgan fingerprint density at radius 2 is 1.82 bits per heavy atom. The van der Waals surface area contributed by atoms with Crippen LogP contribution in [0, 0.1) is 5.82 Å². The summed E-state index contributed by atoms with van der Waals surface area (Å²) >= 11 is 0. The van der Waals surface area contributed by atoms with Gasteiger partial charge in [0.1, 0.15) is 11.6 Å². The molecule has 0 saturated heterocycles. The van der Waals surface area contributed by atoms with Crippen LogP contribution in [0.25, 0.3) is 0 Å². The topological polar surface area (TPSA) is 64.7 Å². The monoisotopic (exact) mass is 305 g/mol. The molecule has 0 radical (unpaired) electrons. The first-order chi connectivity index (χ1) is 10.5. The number of hydrogen-bond acceptors (Lipinski definition) is 4. The molecule has 118 valence electrons. The Bertz CT molecular complexity index is 646. The van der Waals surface area contributed by atoms with Gasteiger partial charge in [0, 0.05) is 11.6 Å². The van der Waals surface area contributed by atoms with Gasteiger partial charge in [-0.2, -0.15) is 0 Å². The van der Waals surface area contributed by atoms with E-state index in [1.165, 1.54) is 18.2 Å². The first-order valence-electron chi connectivity index (χ1n) is 7.00. The minimum Gasteiger partial charge on any atom is -0.508 e. The Labute approximate surface area is 129 Å². The van der Waals surface area contributed by atoms with Crippen LogP contribution in [-0.2, 0) is 6.42 Å². The lowest BCUT2D eigenvalue weighted by Gasteiger charge is -2.14. The van der Waals surface area contributed by atoms with Crippen LogP contribution < -0.4 is 15.2 Å². The molecule has 5 heteroatoms. The molecule has 0 aliphatic heterocycles. The summed E-state index contributed by atoms with van der Waals surface area (Å²) in [5.74, 6) is 0.927. The van der Waals surface area contributed by atoms with Gasteiger partial charge in [-0.05, 0) is 48.7 Å². The van der Waals surface area contributed by atoms with Crippen molar-refractivity contribution in [3.8, 4) is 17.2 Å². The highest BCUT2D eigenvalue weighted by molar-refractivity contribution is 5.43. The summed E-state index contributed by atoms with van der Waals surface area (Å²) in [6, 6.07) is 9.01. The average molecular weight is 305 g/mol. The van der Waals surface area contributed by atoms with Crippen LogP contribution in [0.3, 0.4) is 0 Å². The summed E-state index contributed by atoms with van der Waals surface area (Å²) in [4.78, 5) is 0. The summed E-state index contributed by atoms with van der Waals surface area (Å²) in [6.45, 7) is 0. The summed E-state index contributed by atoms with van der Waals surface area (Å²) in [7, 11) is 3.16. The molecular formula is C17H20FNO3. The minimum atomic E-state index is -0.441. The molecule has 1 unspecified atom stereocenters. The van der Waals surface area contributed by atoms with Crippen molar-refractivity contribution in [2.45, 2.75) is 18.9 Å². The number of hydrogen-bond donors (Lipinski definition) is 2. The van der Waals surface area contributed by atoms with Crippen molar-refractivity contribution in [1.82, 2.24) is 0 Å². The largest absolute Gasteiger partial charge is 0.508 e. The summed E-state index contributed by atoms with van der Waals surface area (Å²) in [5.41, 5.74) is 7.51. The van der Waals surface area contributed by atoms with Crippen LogP contribution in [0.2, 0.25) is 0 Å². The van der Waals surface area contributed by atoms with E-state index in [-0.39, 0.29) is 5.75 Å². The van der Waals surface area contributed by atoms with Crippen LogP contribution in [0.5, 0.6) is 17.2 Å². The number of benzene rings is 2. The number of phenolic OH excluding ortho intramolecular Hbond substituents is 1. The van der Waals surface area contributed by atoms with Crippen LogP contribution in [0.15, 0.2) is 36.4 Å². The molecule has 0 heterocycles. The summed E-state index contributed by atoms with van der Waals surface area (Å²) < 4.78 is 23.7. The molecule has 4 nitrogen and oxygen atoms in total. The quantitative estimate of drug-likeness (QED) is 0.860. The maximum Gasteiger partial charge on any atom is 0.160 e. The third kappa shape index (κ3) is 3.68. The Morgan fingerprint density at radius 3 is 2.50 bits per heavy atom. The highest BCUT2D eigenvalue weighted by Gasteiger charge is 2.13. The fourth-order valence-electron chi connectivity index (χ4n) is 2.34. The number of phenols is 1. The van der Waals surface area contributed by atoms with Crippen molar-refractivity contribution in [2.75, 3.05) is 14.2 Å². The molecule has 2 aromatic rings. The van der Waals surface area contributed by atoms with Crippen LogP contribution >= 0.6 is 0 Å². The molecule has 0 spiro atoms. The molecule has 3 N–H and O–H groups in total. The number of ether oxygens (including phenoxy) is 2. The number of aromatic hydroxyl groups is 1. The molecule has 0 aliphatic carbocycles. The predicted octanol–water partition coefficient (Wildman–Crippen LogP) is 3.18. The van der Waals surface area contributed by atoms with Gasteiger partial charge in [0.05, 0.1) is 14.2 Å². The molecule has 0 aliphatic rings. The highest BCUT2D eigenvalue weighted by atomic mass is 19.1. The summed E-state index contributed by atoms with van der Waals surface area (Å²) in [6.07, 6.45) is 1.25. The third-order valence-electron chi connectivity index (χ3n) is 3.58. The van der Waals surface area contributed by atoms with Crippen molar-refractivity contribution in [3.63, 3.8) is 0 Å². The SMILES string of the molecule is COc1ccc(CCC(N)c2cc(F)ccc2O)cc1OC. The van der Waals surface area contributed by atoms with E-state index < -0.39 is 11.9 Å². The second-order valence-electron chi connectivity index (χ2n) is 5.04. The van der Waals surface area contributed by atoms with Crippen LogP contribution in [0.1, 0.15) is 23.6 Å². The van der Waals surface area contributed by atoms with Gasteiger partial charge in [-0.15, -0.1) is 0 Å². The van der Waals surface area contributed by atoms with E-state index in [9.17, 15) is 9.50 Å². The van der Waals surface area contributed by atoms with E-state index in [1.54, 1.807) is 14.2 Å². The van der Waals surface area contributed by atoms with Gasteiger partial charge in [0.15, 0.2) is 11.5 Å². The molecule has 2 aromatic carbocycles.